The Morgan fingerprint density at radius 1 is 1.62 bits per heavy atom. The molecule has 1 aliphatic rings. The quantitative estimate of drug-likeness (QED) is 0.576. The number of carbonyl (C=O) groups is 1. The highest BCUT2D eigenvalue weighted by molar-refractivity contribution is 6.72. The fourth-order valence-electron chi connectivity index (χ4n) is 1.79. The Morgan fingerprint density at radius 3 is 2.62 bits per heavy atom. The van der Waals surface area contributed by atoms with Gasteiger partial charge in [0.2, 0.25) is 0 Å². The Bertz CT molecular complexity index is 274. The van der Waals surface area contributed by atoms with Gasteiger partial charge in [0.05, 0.1) is 12.0 Å². The van der Waals surface area contributed by atoms with Gasteiger partial charge >= 0.3 is 5.97 Å². The third kappa shape index (κ3) is 2.67. The van der Waals surface area contributed by atoms with Crippen LogP contribution in [0.2, 0.25) is 18.1 Å². The van der Waals surface area contributed by atoms with Crippen LogP contribution in [0, 0.1) is 5.92 Å². The summed E-state index contributed by atoms with van der Waals surface area (Å²) in [6.45, 7) is 8.16. The molecule has 1 N–H and O–H groups in total. The molecule has 0 unspecified atom stereocenters. The molecule has 1 heterocycles. The maximum Gasteiger partial charge on any atom is 0.311 e. The van der Waals surface area contributed by atoms with Gasteiger partial charge < -0.3 is 14.2 Å². The van der Waals surface area contributed by atoms with Crippen LogP contribution >= 0.6 is 0 Å². The van der Waals surface area contributed by atoms with Gasteiger partial charge in [0.1, 0.15) is 6.61 Å². The van der Waals surface area contributed by atoms with Gasteiger partial charge in [-0.1, -0.05) is 13.8 Å². The third-order valence-electron chi connectivity index (χ3n) is 3.83. The molecule has 1 aliphatic heterocycles. The highest BCUT2D eigenvalue weighted by atomic mass is 28.4. The van der Waals surface area contributed by atoms with Crippen LogP contribution in [-0.4, -0.2) is 39.8 Å². The molecule has 1 fully saturated rings. The number of cyclic esters (lactones) is 1. The van der Waals surface area contributed by atoms with Crippen molar-refractivity contribution in [2.24, 2.45) is 5.92 Å². The first-order chi connectivity index (χ1) is 7.19. The Kier molecular flexibility index (Phi) is 3.87. The van der Waals surface area contributed by atoms with E-state index in [1.165, 1.54) is 0 Å². The van der Waals surface area contributed by atoms with Gasteiger partial charge in [0.15, 0.2) is 8.32 Å². The van der Waals surface area contributed by atoms with Gasteiger partial charge in [-0.3, -0.25) is 4.79 Å². The molecule has 0 spiro atoms. The van der Waals surface area contributed by atoms with E-state index in [-0.39, 0.29) is 23.0 Å². The lowest BCUT2D eigenvalue weighted by Gasteiger charge is -2.37. The van der Waals surface area contributed by atoms with Crippen LogP contribution in [0.15, 0.2) is 0 Å². The van der Waals surface area contributed by atoms with Crippen LogP contribution in [0.1, 0.15) is 20.3 Å². The van der Waals surface area contributed by atoms with Crippen molar-refractivity contribution >= 4 is 22.3 Å². The summed E-state index contributed by atoms with van der Waals surface area (Å²) in [5, 5.41) is -0.224. The first kappa shape index (κ1) is 13.7. The van der Waals surface area contributed by atoms with E-state index in [2.05, 4.69) is 0 Å². The lowest BCUT2D eigenvalue weighted by molar-refractivity contribution is -0.141. The van der Waals surface area contributed by atoms with E-state index < -0.39 is 8.32 Å². The average molecular weight is 244 g/mol. The minimum atomic E-state index is -2.29. The summed E-state index contributed by atoms with van der Waals surface area (Å²) in [5.74, 6) is -0.433. The number of rotatable bonds is 4. The van der Waals surface area contributed by atoms with Crippen molar-refractivity contribution in [3.05, 3.63) is 0 Å². The molecular weight excluding hydrogens is 223 g/mol. The number of hydrogen-bond acceptors (Lipinski definition) is 4. The smallest absolute Gasteiger partial charge is 0.311 e. The number of esters is 1. The van der Waals surface area contributed by atoms with E-state index in [0.717, 1.165) is 0 Å². The second kappa shape index (κ2) is 4.51. The van der Waals surface area contributed by atoms with Crippen LogP contribution in [-0.2, 0) is 14.2 Å². The molecule has 92 valence electrons. The Hall–Kier alpha value is -0.328. The van der Waals surface area contributed by atoms with E-state index in [1.807, 2.05) is 26.9 Å². The first-order valence-electron chi connectivity index (χ1n) is 5.61. The second-order valence-electron chi connectivity index (χ2n) is 5.66. The zero-order chi connectivity index (χ0) is 12.6. The lowest BCUT2D eigenvalue weighted by Crippen LogP contribution is -2.42. The molecule has 6 heteroatoms. The maximum atomic E-state index is 11.6. The summed E-state index contributed by atoms with van der Waals surface area (Å²) in [7, 11) is -0.696. The van der Waals surface area contributed by atoms with Crippen LogP contribution < -0.4 is 0 Å². The molecular formula is C10H21BO4Si. The molecule has 0 bridgehead atoms. The summed E-state index contributed by atoms with van der Waals surface area (Å²) < 4.78 is 10.2. The highest BCUT2D eigenvalue weighted by Crippen LogP contribution is 2.43. The van der Waals surface area contributed by atoms with Crippen molar-refractivity contribution in [3.63, 3.8) is 0 Å². The predicted molar refractivity (Wildman–Crippen MR) is 66.2 cm³/mol. The van der Waals surface area contributed by atoms with Crippen molar-refractivity contribution in [1.29, 1.82) is 0 Å². The molecule has 1 rings (SSSR count). The van der Waals surface area contributed by atoms with Gasteiger partial charge in [-0.25, -0.2) is 0 Å². The molecule has 2 atom stereocenters. The largest absolute Gasteiger partial charge is 0.463 e. The Balaban J connectivity index is 2.76. The zero-order valence-corrected chi connectivity index (χ0v) is 11.7. The molecule has 0 aromatic heterocycles. The van der Waals surface area contributed by atoms with Gasteiger partial charge in [-0.15, -0.1) is 0 Å². The molecule has 4 nitrogen and oxygen atoms in total. The fraction of sp³-hybridized carbons (Fsp3) is 0.900. The molecule has 0 saturated carbocycles. The average Bonchev–Trinajstić information content (AvgIpc) is 2.45. The number of hydrogen-bond donors (Lipinski definition) is 1. The molecule has 0 aromatic rings. The third-order valence-corrected chi connectivity index (χ3v) is 7.35. The van der Waals surface area contributed by atoms with Crippen molar-refractivity contribution in [2.45, 2.75) is 44.5 Å². The van der Waals surface area contributed by atoms with E-state index in [9.17, 15) is 9.59 Å². The van der Waals surface area contributed by atoms with Crippen LogP contribution in [0.3, 0.4) is 0 Å². The summed E-state index contributed by atoms with van der Waals surface area (Å²) in [6.07, 6.45) is 0.461. The molecule has 0 amide bonds. The van der Waals surface area contributed by atoms with E-state index >= 15 is 0 Å². The summed E-state index contributed by atoms with van der Waals surface area (Å²) in [4.78, 5) is 21.8. The predicted octanol–water partition coefficient (Wildman–Crippen LogP) is 0.460. The molecule has 16 heavy (non-hydrogen) atoms. The topological polar surface area (TPSA) is 55.8 Å². The summed E-state index contributed by atoms with van der Waals surface area (Å²) in [6, 6.07) is 0. The monoisotopic (exact) mass is 244 g/mol. The van der Waals surface area contributed by atoms with E-state index in [1.54, 1.807) is 8.05 Å². The van der Waals surface area contributed by atoms with Crippen LogP contribution in [0.5, 0.6) is 0 Å². The minimum Gasteiger partial charge on any atom is -0.463 e. The summed E-state index contributed by atoms with van der Waals surface area (Å²) >= 11 is 0. The minimum absolute atomic E-state index is 0.164. The standard InChI is InChI=1S/C10H21BO4Si/c1-10(2,16(3,4)13)5-7-8(15-11)6-14-9(7)12/h7-8,13H,5-6,11H2,1-4H3/t7-,8-/m0/s1. The second-order valence-corrected chi connectivity index (χ2v) is 10.1. The SMILES string of the molecule is BO[C@H]1COC(=O)[C@H]1CC(C)(C)[Si](C)(C)O. The molecule has 0 aliphatic carbocycles. The normalized spacial score (nSPS) is 26.9. The fourth-order valence-corrected chi connectivity index (χ4v) is 2.51. The summed E-state index contributed by atoms with van der Waals surface area (Å²) in [5.41, 5.74) is 0. The Labute approximate surface area is 98.9 Å². The highest BCUT2D eigenvalue weighted by Gasteiger charge is 2.46. The van der Waals surface area contributed by atoms with Gasteiger partial charge in [0.25, 0.3) is 8.05 Å². The maximum absolute atomic E-state index is 11.6. The Morgan fingerprint density at radius 2 is 2.19 bits per heavy atom. The number of carbonyl (C=O) groups excluding carboxylic acids is 1. The van der Waals surface area contributed by atoms with Crippen molar-refractivity contribution in [1.82, 2.24) is 0 Å². The van der Waals surface area contributed by atoms with Crippen LogP contribution in [0.25, 0.3) is 0 Å². The van der Waals surface area contributed by atoms with Crippen molar-refractivity contribution in [3.8, 4) is 0 Å². The zero-order valence-electron chi connectivity index (χ0n) is 10.7. The first-order valence-corrected chi connectivity index (χ1v) is 8.55. The van der Waals surface area contributed by atoms with E-state index in [4.69, 9.17) is 9.39 Å². The van der Waals surface area contributed by atoms with Crippen molar-refractivity contribution < 1.29 is 19.0 Å². The van der Waals surface area contributed by atoms with Gasteiger partial charge in [-0.2, -0.15) is 0 Å². The molecule has 0 aromatic carbocycles. The number of ether oxygens (including phenoxy) is 1. The van der Waals surface area contributed by atoms with Gasteiger partial charge in [-0.05, 0) is 24.6 Å². The van der Waals surface area contributed by atoms with E-state index in [0.29, 0.717) is 13.0 Å². The molecule has 0 radical (unpaired) electrons. The van der Waals surface area contributed by atoms with Gasteiger partial charge in [0, 0.05) is 0 Å². The lowest BCUT2D eigenvalue weighted by atomic mass is 9.93. The molecule has 1 saturated heterocycles. The van der Waals surface area contributed by atoms with Crippen molar-refractivity contribution in [2.75, 3.05) is 6.61 Å². The van der Waals surface area contributed by atoms with Crippen LogP contribution in [0.4, 0.5) is 0 Å².